The number of rotatable bonds is 6. The Morgan fingerprint density at radius 2 is 1.29 bits per heavy atom. The summed E-state index contributed by atoms with van der Waals surface area (Å²) in [4.78, 5) is 37.2. The van der Waals surface area contributed by atoms with Crippen LogP contribution in [-0.2, 0) is 11.2 Å². The first-order chi connectivity index (χ1) is 16.4. The molecule has 34 heavy (non-hydrogen) atoms. The Kier molecular flexibility index (Phi) is 6.54. The summed E-state index contributed by atoms with van der Waals surface area (Å²) in [7, 11) is 0. The van der Waals surface area contributed by atoms with E-state index in [0.717, 1.165) is 16.3 Å². The minimum absolute atomic E-state index is 0.224. The first-order valence-corrected chi connectivity index (χ1v) is 10.7. The van der Waals surface area contributed by atoms with Gasteiger partial charge in [-0.2, -0.15) is 0 Å². The topological polar surface area (TPSA) is 108 Å². The average Bonchev–Trinajstić information content (AvgIpc) is 2.81. The Morgan fingerprint density at radius 1 is 0.706 bits per heavy atom. The quantitative estimate of drug-likeness (QED) is 0.302. The van der Waals surface area contributed by atoms with Crippen molar-refractivity contribution in [2.75, 3.05) is 16.0 Å². The molecule has 0 atom stereocenters. The number of carbonyl (C=O) groups excluding carboxylic acids is 2. The molecule has 0 saturated heterocycles. The molecule has 3 amide bonds. The zero-order valence-corrected chi connectivity index (χ0v) is 18.5. The van der Waals surface area contributed by atoms with Gasteiger partial charge in [0.2, 0.25) is 0 Å². The number of benzene rings is 4. The zero-order valence-electron chi connectivity index (χ0n) is 18.5. The van der Waals surface area contributed by atoms with Crippen LogP contribution >= 0.6 is 0 Å². The van der Waals surface area contributed by atoms with Gasteiger partial charge in [-0.25, -0.2) is 4.79 Å². The maximum absolute atomic E-state index is 13.3. The first-order valence-electron chi connectivity index (χ1n) is 10.7. The smallest absolute Gasteiger partial charge is 0.323 e. The molecular formula is C27H23N3O4. The van der Waals surface area contributed by atoms with E-state index >= 15 is 0 Å². The summed E-state index contributed by atoms with van der Waals surface area (Å²) in [6.07, 6.45) is -0.224. The van der Waals surface area contributed by atoms with Crippen molar-refractivity contribution in [1.82, 2.24) is 0 Å². The predicted octanol–water partition coefficient (Wildman–Crippen LogP) is 5.67. The summed E-state index contributed by atoms with van der Waals surface area (Å²) in [5.74, 6) is -1.46. The Morgan fingerprint density at radius 3 is 2.00 bits per heavy atom. The van der Waals surface area contributed by atoms with E-state index in [1.807, 2.05) is 49.4 Å². The molecule has 0 aromatic heterocycles. The highest BCUT2D eigenvalue weighted by Crippen LogP contribution is 2.26. The normalized spacial score (nSPS) is 10.5. The van der Waals surface area contributed by atoms with E-state index in [1.54, 1.807) is 42.5 Å². The lowest BCUT2D eigenvalue weighted by molar-refractivity contribution is -0.136. The average molecular weight is 453 g/mol. The van der Waals surface area contributed by atoms with E-state index in [2.05, 4.69) is 16.0 Å². The molecule has 0 radical (unpaired) electrons. The molecule has 0 bridgehead atoms. The van der Waals surface area contributed by atoms with Gasteiger partial charge >= 0.3 is 12.0 Å². The zero-order chi connectivity index (χ0) is 24.1. The molecule has 170 valence electrons. The molecule has 4 rings (SSSR count). The molecule has 4 aromatic carbocycles. The van der Waals surface area contributed by atoms with Crippen molar-refractivity contribution in [3.05, 3.63) is 102 Å². The maximum Gasteiger partial charge on any atom is 0.323 e. The monoisotopic (exact) mass is 453 g/mol. The third-order valence-corrected chi connectivity index (χ3v) is 5.38. The SMILES string of the molecule is Cc1ccccc1NC(=O)Nc1cc2ccccc2cc1C(=O)Nc1ccccc1CC(=O)O. The number of nitrogens with one attached hydrogen (secondary N) is 3. The fourth-order valence-corrected chi connectivity index (χ4v) is 3.67. The number of urea groups is 1. The van der Waals surface area contributed by atoms with E-state index in [4.69, 9.17) is 0 Å². The van der Waals surface area contributed by atoms with Gasteiger partial charge in [-0.05, 0) is 53.1 Å². The third-order valence-electron chi connectivity index (χ3n) is 5.38. The lowest BCUT2D eigenvalue weighted by atomic mass is 10.0. The van der Waals surface area contributed by atoms with Crippen LogP contribution in [0.15, 0.2) is 84.9 Å². The second-order valence-corrected chi connectivity index (χ2v) is 7.82. The number of para-hydroxylation sites is 2. The van der Waals surface area contributed by atoms with Crippen LogP contribution < -0.4 is 16.0 Å². The van der Waals surface area contributed by atoms with E-state index < -0.39 is 17.9 Å². The van der Waals surface area contributed by atoms with Gasteiger partial charge in [0, 0.05) is 11.4 Å². The number of carboxylic acids is 1. The summed E-state index contributed by atoms with van der Waals surface area (Å²) >= 11 is 0. The molecule has 0 saturated carbocycles. The van der Waals surface area contributed by atoms with Gasteiger partial charge in [0.1, 0.15) is 0 Å². The second kappa shape index (κ2) is 9.87. The minimum Gasteiger partial charge on any atom is -0.481 e. The molecule has 7 nitrogen and oxygen atoms in total. The highest BCUT2D eigenvalue weighted by Gasteiger charge is 2.17. The third kappa shape index (κ3) is 5.21. The number of carboxylic acid groups (broad SMARTS) is 1. The highest BCUT2D eigenvalue weighted by atomic mass is 16.4. The summed E-state index contributed by atoms with van der Waals surface area (Å²) in [6, 6.07) is 24.6. The highest BCUT2D eigenvalue weighted by molar-refractivity contribution is 6.14. The number of hydrogen-bond acceptors (Lipinski definition) is 3. The maximum atomic E-state index is 13.3. The Labute approximate surface area is 196 Å². The van der Waals surface area contributed by atoms with Gasteiger partial charge in [-0.3, -0.25) is 9.59 Å². The fraction of sp³-hybridized carbons (Fsp3) is 0.0741. The van der Waals surface area contributed by atoms with Crippen LogP contribution in [-0.4, -0.2) is 23.0 Å². The molecule has 0 fully saturated rings. The van der Waals surface area contributed by atoms with Gasteiger partial charge < -0.3 is 21.1 Å². The van der Waals surface area contributed by atoms with E-state index in [9.17, 15) is 19.5 Å². The van der Waals surface area contributed by atoms with Gasteiger partial charge in [-0.1, -0.05) is 60.7 Å². The molecule has 0 heterocycles. The number of fused-ring (bicyclic) bond motifs is 1. The first kappa shape index (κ1) is 22.5. The van der Waals surface area contributed by atoms with Crippen molar-refractivity contribution in [2.24, 2.45) is 0 Å². The molecule has 0 spiro atoms. The summed E-state index contributed by atoms with van der Waals surface area (Å²) in [6.45, 7) is 1.89. The lowest BCUT2D eigenvalue weighted by Gasteiger charge is -2.15. The number of hydrogen-bond donors (Lipinski definition) is 4. The molecular weight excluding hydrogens is 430 g/mol. The molecule has 0 aliphatic carbocycles. The van der Waals surface area contributed by atoms with E-state index in [1.165, 1.54) is 0 Å². The Hall–Kier alpha value is -4.65. The number of aryl methyl sites for hydroxylation is 1. The van der Waals surface area contributed by atoms with Crippen LogP contribution in [0.4, 0.5) is 21.9 Å². The molecule has 0 aliphatic rings. The van der Waals surface area contributed by atoms with Crippen LogP contribution in [0, 0.1) is 6.92 Å². The summed E-state index contributed by atoms with van der Waals surface area (Å²) in [5.41, 5.74) is 3.04. The Bertz CT molecular complexity index is 1400. The number of aliphatic carboxylic acids is 1. The molecule has 0 aliphatic heterocycles. The predicted molar refractivity (Wildman–Crippen MR) is 134 cm³/mol. The molecule has 7 heteroatoms. The van der Waals surface area contributed by atoms with Crippen molar-refractivity contribution in [3.63, 3.8) is 0 Å². The second-order valence-electron chi connectivity index (χ2n) is 7.82. The standard InChI is InChI=1S/C27H23N3O4/c1-17-8-2-6-12-22(17)29-27(34)30-24-15-19-10-4-3-9-18(19)14-21(24)26(33)28-23-13-7-5-11-20(23)16-25(31)32/h2-15H,16H2,1H3,(H,28,33)(H,31,32)(H2,29,30,34). The van der Waals surface area contributed by atoms with Crippen LogP contribution in [0.5, 0.6) is 0 Å². The molecule has 4 aromatic rings. The number of amides is 3. The minimum atomic E-state index is -0.998. The van der Waals surface area contributed by atoms with Crippen LogP contribution in [0.2, 0.25) is 0 Å². The van der Waals surface area contributed by atoms with Crippen molar-refractivity contribution < 1.29 is 19.5 Å². The van der Waals surface area contributed by atoms with Crippen LogP contribution in [0.1, 0.15) is 21.5 Å². The molecule has 4 N–H and O–H groups in total. The van der Waals surface area contributed by atoms with Gasteiger partial charge in [0.25, 0.3) is 5.91 Å². The summed E-state index contributed by atoms with van der Waals surface area (Å²) in [5, 5.41) is 19.3. The van der Waals surface area contributed by atoms with Gasteiger partial charge in [0.15, 0.2) is 0 Å². The van der Waals surface area contributed by atoms with E-state index in [-0.39, 0.29) is 12.0 Å². The Balaban J connectivity index is 1.66. The van der Waals surface area contributed by atoms with Crippen LogP contribution in [0.3, 0.4) is 0 Å². The van der Waals surface area contributed by atoms with E-state index in [0.29, 0.717) is 22.6 Å². The van der Waals surface area contributed by atoms with Crippen molar-refractivity contribution >= 4 is 45.7 Å². The van der Waals surface area contributed by atoms with Crippen molar-refractivity contribution in [1.29, 1.82) is 0 Å². The number of anilines is 3. The van der Waals surface area contributed by atoms with Crippen molar-refractivity contribution in [2.45, 2.75) is 13.3 Å². The van der Waals surface area contributed by atoms with Gasteiger partial charge in [0.05, 0.1) is 17.7 Å². The lowest BCUT2D eigenvalue weighted by Crippen LogP contribution is -2.23. The summed E-state index contributed by atoms with van der Waals surface area (Å²) < 4.78 is 0. The molecule has 0 unspecified atom stereocenters. The largest absolute Gasteiger partial charge is 0.481 e. The van der Waals surface area contributed by atoms with Crippen LogP contribution in [0.25, 0.3) is 10.8 Å². The van der Waals surface area contributed by atoms with Crippen molar-refractivity contribution in [3.8, 4) is 0 Å². The van der Waals surface area contributed by atoms with Gasteiger partial charge in [-0.15, -0.1) is 0 Å². The fourth-order valence-electron chi connectivity index (χ4n) is 3.67. The number of carbonyl (C=O) groups is 3.